The first-order valence-electron chi connectivity index (χ1n) is 13.9. The van der Waals surface area contributed by atoms with Gasteiger partial charge in [0, 0.05) is 35.1 Å². The van der Waals surface area contributed by atoms with Crippen molar-refractivity contribution in [3.8, 4) is 0 Å². The summed E-state index contributed by atoms with van der Waals surface area (Å²) in [5.74, 6) is 0.563. The molecule has 3 aromatic heterocycles. The number of hydrogen-bond donors (Lipinski definition) is 1. The van der Waals surface area contributed by atoms with Crippen molar-refractivity contribution in [1.82, 2.24) is 29.5 Å². The van der Waals surface area contributed by atoms with Crippen LogP contribution in [-0.4, -0.2) is 61.6 Å². The number of amides is 1. The van der Waals surface area contributed by atoms with Crippen LogP contribution in [0.15, 0.2) is 67.1 Å². The van der Waals surface area contributed by atoms with E-state index in [4.69, 9.17) is 0 Å². The van der Waals surface area contributed by atoms with Gasteiger partial charge in [0.2, 0.25) is 5.91 Å². The number of nitrogens with zero attached hydrogens (tertiary/aromatic N) is 6. The second kappa shape index (κ2) is 11.8. The van der Waals surface area contributed by atoms with Crippen LogP contribution in [-0.2, 0) is 24.3 Å². The van der Waals surface area contributed by atoms with Gasteiger partial charge in [-0.25, -0.2) is 14.4 Å². The minimum Gasteiger partial charge on any atom is -0.340 e. The molecule has 1 N–H and O–H groups in total. The molecule has 0 saturated heterocycles. The normalized spacial score (nSPS) is 13.5. The molecule has 0 unspecified atom stereocenters. The first kappa shape index (κ1) is 27.0. The Labute approximate surface area is 242 Å². The Bertz CT molecular complexity index is 1740. The molecule has 0 saturated carbocycles. The van der Waals surface area contributed by atoms with Crippen LogP contribution < -0.4 is 5.32 Å². The summed E-state index contributed by atoms with van der Waals surface area (Å²) in [6.07, 6.45) is 7.84. The van der Waals surface area contributed by atoms with E-state index in [0.29, 0.717) is 19.6 Å². The predicted octanol–water partition coefficient (Wildman–Crippen LogP) is 5.75. The van der Waals surface area contributed by atoms with Gasteiger partial charge in [0.25, 0.3) is 0 Å². The number of rotatable bonds is 9. The fourth-order valence-electron chi connectivity index (χ4n) is 5.34. The minimum absolute atomic E-state index is 0.0518. The molecule has 210 valence electrons. The molecule has 4 heterocycles. The minimum atomic E-state index is -0.251. The highest BCUT2D eigenvalue weighted by Gasteiger charge is 2.25. The molecule has 1 aliphatic heterocycles. The molecule has 6 rings (SSSR count). The van der Waals surface area contributed by atoms with E-state index < -0.39 is 0 Å². The second-order valence-electron chi connectivity index (χ2n) is 10.1. The molecule has 41 heavy (non-hydrogen) atoms. The van der Waals surface area contributed by atoms with Crippen LogP contribution in [0, 0.1) is 5.82 Å². The first-order valence-corrected chi connectivity index (χ1v) is 14.7. The topological polar surface area (TPSA) is 79.2 Å². The molecule has 8 nitrogen and oxygen atoms in total. The van der Waals surface area contributed by atoms with Crippen LogP contribution >= 0.6 is 11.3 Å². The number of aromatic nitrogens is 4. The molecule has 0 aliphatic carbocycles. The van der Waals surface area contributed by atoms with Crippen LogP contribution in [0.3, 0.4) is 0 Å². The van der Waals surface area contributed by atoms with E-state index in [2.05, 4.69) is 39.1 Å². The van der Waals surface area contributed by atoms with Gasteiger partial charge in [-0.05, 0) is 61.0 Å². The average Bonchev–Trinajstić information content (AvgIpc) is 3.56. The van der Waals surface area contributed by atoms with E-state index >= 15 is 0 Å². The largest absolute Gasteiger partial charge is 0.340 e. The van der Waals surface area contributed by atoms with E-state index in [0.717, 1.165) is 69.1 Å². The first-order chi connectivity index (χ1) is 20.0. The number of halogens is 1. The Hall–Kier alpha value is -4.15. The van der Waals surface area contributed by atoms with E-state index in [9.17, 15) is 9.18 Å². The third-order valence-electron chi connectivity index (χ3n) is 7.59. The Morgan fingerprint density at radius 2 is 2.05 bits per heavy atom. The smallest absolute Gasteiger partial charge is 0.246 e. The lowest BCUT2D eigenvalue weighted by atomic mass is 10.0. The van der Waals surface area contributed by atoms with Gasteiger partial charge < -0.3 is 15.1 Å². The highest BCUT2D eigenvalue weighted by atomic mass is 32.1. The van der Waals surface area contributed by atoms with E-state index in [-0.39, 0.29) is 11.7 Å². The van der Waals surface area contributed by atoms with Gasteiger partial charge in [-0.15, -0.1) is 11.3 Å². The maximum absolute atomic E-state index is 13.6. The molecule has 0 bridgehead atoms. The van der Waals surface area contributed by atoms with Crippen molar-refractivity contribution < 1.29 is 9.18 Å². The SMILES string of the molecule is CCN(CC)C/C=C/C(=O)N1CCc2c(sc3ncnc(Nc4ccc5c(cnn5Cc5cccc(F)c5)c4)c23)C1. The lowest BCUT2D eigenvalue weighted by molar-refractivity contribution is -0.126. The number of carbonyl (C=O) groups excluding carboxylic acids is 1. The molecule has 5 aromatic rings. The monoisotopic (exact) mass is 569 g/mol. The zero-order valence-electron chi connectivity index (χ0n) is 23.2. The molecule has 1 amide bonds. The Morgan fingerprint density at radius 3 is 2.88 bits per heavy atom. The van der Waals surface area contributed by atoms with Crippen molar-refractivity contribution in [3.05, 3.63) is 89.0 Å². The molecule has 0 radical (unpaired) electrons. The number of anilines is 2. The summed E-state index contributed by atoms with van der Waals surface area (Å²) in [4.78, 5) is 28.3. The summed E-state index contributed by atoms with van der Waals surface area (Å²) in [6, 6.07) is 12.7. The lowest BCUT2D eigenvalue weighted by Gasteiger charge is -2.26. The summed E-state index contributed by atoms with van der Waals surface area (Å²) in [5.41, 5.74) is 3.94. The lowest BCUT2D eigenvalue weighted by Crippen LogP contribution is -2.34. The van der Waals surface area contributed by atoms with Gasteiger partial charge in [-0.2, -0.15) is 5.10 Å². The standard InChI is InChI=1S/C31H32FN7OS/c1-3-37(4-2)13-6-9-28(40)38-14-12-25-27(19-38)41-31-29(25)30(33-20-34-31)36-24-10-11-26-22(16-24)17-35-39(26)18-21-7-5-8-23(32)15-21/h5-11,15-17,20H,3-4,12-14,18-19H2,1-2H3,(H,33,34,36)/b9-6+. The van der Waals surface area contributed by atoms with Gasteiger partial charge in [0.05, 0.1) is 30.2 Å². The van der Waals surface area contributed by atoms with E-state index in [1.165, 1.54) is 17.7 Å². The van der Waals surface area contributed by atoms with Crippen molar-refractivity contribution in [2.24, 2.45) is 0 Å². The molecule has 0 atom stereocenters. The van der Waals surface area contributed by atoms with Gasteiger partial charge in [0.1, 0.15) is 22.8 Å². The van der Waals surface area contributed by atoms with E-state index in [1.807, 2.05) is 46.1 Å². The summed E-state index contributed by atoms with van der Waals surface area (Å²) in [7, 11) is 0. The van der Waals surface area contributed by atoms with Crippen LogP contribution in [0.2, 0.25) is 0 Å². The summed E-state index contributed by atoms with van der Waals surface area (Å²) in [6.45, 7) is 8.71. The van der Waals surface area contributed by atoms with Gasteiger partial charge in [0.15, 0.2) is 0 Å². The fraction of sp³-hybridized carbons (Fsp3) is 0.290. The molecular weight excluding hydrogens is 537 g/mol. The molecule has 0 fully saturated rings. The molecular formula is C31H32FN7OS. The Balaban J connectivity index is 1.20. The Kier molecular flexibility index (Phi) is 7.76. The van der Waals surface area contributed by atoms with Crippen LogP contribution in [0.5, 0.6) is 0 Å². The number of benzene rings is 2. The zero-order chi connectivity index (χ0) is 28.3. The van der Waals surface area contributed by atoms with Gasteiger partial charge >= 0.3 is 0 Å². The number of nitrogens with one attached hydrogen (secondary N) is 1. The predicted molar refractivity (Wildman–Crippen MR) is 162 cm³/mol. The summed E-state index contributed by atoms with van der Waals surface area (Å²) < 4.78 is 15.5. The van der Waals surface area contributed by atoms with Crippen LogP contribution in [0.4, 0.5) is 15.9 Å². The number of thiophene rings is 1. The summed E-state index contributed by atoms with van der Waals surface area (Å²) >= 11 is 1.63. The maximum Gasteiger partial charge on any atom is 0.246 e. The van der Waals surface area contributed by atoms with Crippen LogP contribution in [0.25, 0.3) is 21.1 Å². The van der Waals surface area contributed by atoms with E-state index in [1.54, 1.807) is 29.8 Å². The zero-order valence-corrected chi connectivity index (χ0v) is 24.0. The molecule has 1 aliphatic rings. The second-order valence-corrected chi connectivity index (χ2v) is 11.2. The highest BCUT2D eigenvalue weighted by molar-refractivity contribution is 7.19. The van der Waals surface area contributed by atoms with Gasteiger partial charge in [-0.3, -0.25) is 9.48 Å². The molecule has 10 heteroatoms. The highest BCUT2D eigenvalue weighted by Crippen LogP contribution is 2.38. The number of carbonyl (C=O) groups is 1. The number of likely N-dealkylation sites (N-methyl/N-ethyl adjacent to an activating group) is 1. The van der Waals surface area contributed by atoms with Crippen molar-refractivity contribution in [2.45, 2.75) is 33.4 Å². The molecule has 0 spiro atoms. The van der Waals surface area contributed by atoms with Crippen molar-refractivity contribution >= 4 is 49.9 Å². The average molecular weight is 570 g/mol. The van der Waals surface area contributed by atoms with Crippen molar-refractivity contribution in [2.75, 3.05) is 31.5 Å². The summed E-state index contributed by atoms with van der Waals surface area (Å²) in [5, 5.41) is 10.0. The van der Waals surface area contributed by atoms with Gasteiger partial charge in [-0.1, -0.05) is 32.1 Å². The molecule has 2 aromatic carbocycles. The Morgan fingerprint density at radius 1 is 1.17 bits per heavy atom. The van der Waals surface area contributed by atoms with Crippen molar-refractivity contribution in [1.29, 1.82) is 0 Å². The fourth-order valence-corrected chi connectivity index (χ4v) is 6.54. The van der Waals surface area contributed by atoms with Crippen LogP contribution in [0.1, 0.15) is 29.9 Å². The number of hydrogen-bond acceptors (Lipinski definition) is 7. The number of fused-ring (bicyclic) bond motifs is 4. The third kappa shape index (κ3) is 5.71. The maximum atomic E-state index is 13.6. The van der Waals surface area contributed by atoms with Crippen molar-refractivity contribution in [3.63, 3.8) is 0 Å². The quantitative estimate of drug-likeness (QED) is 0.228. The third-order valence-corrected chi connectivity index (χ3v) is 8.72.